The zero-order valence-electron chi connectivity index (χ0n) is 14.1. The normalized spacial score (nSPS) is 14.0. The molecule has 0 spiro atoms. The molecule has 0 radical (unpaired) electrons. The van der Waals surface area contributed by atoms with Crippen molar-refractivity contribution >= 4 is 0 Å². The van der Waals surface area contributed by atoms with Crippen LogP contribution in [0.5, 0.6) is 0 Å². The molecule has 21 heavy (non-hydrogen) atoms. The maximum absolute atomic E-state index is 3.73. The SMILES string of the molecule is Cc1cccc([C@H](C)NC(C)c2cc(C)c(C)cc2C)c1. The van der Waals surface area contributed by atoms with E-state index in [4.69, 9.17) is 0 Å². The van der Waals surface area contributed by atoms with Gasteiger partial charge in [-0.2, -0.15) is 0 Å². The molecule has 2 aromatic rings. The van der Waals surface area contributed by atoms with E-state index in [-0.39, 0.29) is 0 Å². The van der Waals surface area contributed by atoms with Crippen LogP contribution in [0.1, 0.15) is 59.3 Å². The van der Waals surface area contributed by atoms with Crippen LogP contribution in [0, 0.1) is 27.7 Å². The number of hydrogen-bond donors (Lipinski definition) is 1. The van der Waals surface area contributed by atoms with Crippen LogP contribution in [0.25, 0.3) is 0 Å². The highest BCUT2D eigenvalue weighted by Gasteiger charge is 2.14. The van der Waals surface area contributed by atoms with Gasteiger partial charge in [0.05, 0.1) is 0 Å². The fourth-order valence-electron chi connectivity index (χ4n) is 2.95. The van der Waals surface area contributed by atoms with Gasteiger partial charge < -0.3 is 5.32 Å². The molecular weight excluding hydrogens is 254 g/mol. The van der Waals surface area contributed by atoms with Crippen molar-refractivity contribution in [2.24, 2.45) is 0 Å². The van der Waals surface area contributed by atoms with Gasteiger partial charge >= 0.3 is 0 Å². The van der Waals surface area contributed by atoms with E-state index < -0.39 is 0 Å². The van der Waals surface area contributed by atoms with Crippen LogP contribution in [-0.4, -0.2) is 0 Å². The molecule has 0 fully saturated rings. The second-order valence-corrected chi connectivity index (χ2v) is 6.32. The van der Waals surface area contributed by atoms with Crippen molar-refractivity contribution in [1.29, 1.82) is 0 Å². The molecule has 1 unspecified atom stereocenters. The molecule has 1 N–H and O–H groups in total. The van der Waals surface area contributed by atoms with E-state index in [1.54, 1.807) is 0 Å². The van der Waals surface area contributed by atoms with Crippen LogP contribution >= 0.6 is 0 Å². The van der Waals surface area contributed by atoms with Gasteiger partial charge in [0.2, 0.25) is 0 Å². The minimum atomic E-state index is 0.347. The van der Waals surface area contributed by atoms with E-state index in [1.807, 2.05) is 0 Å². The largest absolute Gasteiger partial charge is 0.304 e. The summed E-state index contributed by atoms with van der Waals surface area (Å²) in [5.41, 5.74) is 8.18. The number of hydrogen-bond acceptors (Lipinski definition) is 1. The van der Waals surface area contributed by atoms with Crippen molar-refractivity contribution in [3.8, 4) is 0 Å². The molecule has 0 aliphatic heterocycles. The minimum absolute atomic E-state index is 0.347. The van der Waals surface area contributed by atoms with Crippen LogP contribution in [0.15, 0.2) is 36.4 Å². The predicted octanol–water partition coefficient (Wildman–Crippen LogP) is 5.33. The highest BCUT2D eigenvalue weighted by atomic mass is 14.9. The topological polar surface area (TPSA) is 12.0 Å². The Hall–Kier alpha value is -1.60. The Morgan fingerprint density at radius 2 is 1.43 bits per heavy atom. The first-order valence-electron chi connectivity index (χ1n) is 7.79. The quantitative estimate of drug-likeness (QED) is 0.798. The fourth-order valence-corrected chi connectivity index (χ4v) is 2.95. The van der Waals surface area contributed by atoms with Crippen LogP contribution in [0.3, 0.4) is 0 Å². The molecule has 0 aliphatic carbocycles. The van der Waals surface area contributed by atoms with Crippen LogP contribution in [0.4, 0.5) is 0 Å². The lowest BCUT2D eigenvalue weighted by molar-refractivity contribution is 0.493. The Morgan fingerprint density at radius 1 is 0.762 bits per heavy atom. The highest BCUT2D eigenvalue weighted by Crippen LogP contribution is 2.24. The van der Waals surface area contributed by atoms with E-state index in [1.165, 1.54) is 33.4 Å². The number of nitrogens with one attached hydrogen (secondary N) is 1. The second-order valence-electron chi connectivity index (χ2n) is 6.32. The summed E-state index contributed by atoms with van der Waals surface area (Å²) in [6.45, 7) is 13.2. The van der Waals surface area contributed by atoms with Gasteiger partial charge in [0.25, 0.3) is 0 Å². The van der Waals surface area contributed by atoms with Gasteiger partial charge in [-0.25, -0.2) is 0 Å². The first kappa shape index (κ1) is 15.8. The van der Waals surface area contributed by atoms with E-state index in [2.05, 4.69) is 83.3 Å². The summed E-state index contributed by atoms with van der Waals surface area (Å²) < 4.78 is 0. The van der Waals surface area contributed by atoms with Crippen molar-refractivity contribution < 1.29 is 0 Å². The standard InChI is InChI=1S/C20H27N/c1-13-8-7-9-19(10-13)17(5)21-18(6)20-12-15(3)14(2)11-16(20)4/h7-12,17-18,21H,1-6H3/t17-,18?/m0/s1. The monoisotopic (exact) mass is 281 g/mol. The summed E-state index contributed by atoms with van der Waals surface area (Å²) in [5, 5.41) is 3.73. The van der Waals surface area contributed by atoms with Crippen molar-refractivity contribution in [1.82, 2.24) is 5.32 Å². The van der Waals surface area contributed by atoms with Gasteiger partial charge in [0, 0.05) is 12.1 Å². The predicted molar refractivity (Wildman–Crippen MR) is 91.8 cm³/mol. The Labute approximate surface area is 129 Å². The molecule has 0 saturated carbocycles. The van der Waals surface area contributed by atoms with Crippen LogP contribution in [0.2, 0.25) is 0 Å². The van der Waals surface area contributed by atoms with Gasteiger partial charge in [-0.05, 0) is 69.4 Å². The smallest absolute Gasteiger partial charge is 0.0300 e. The average molecular weight is 281 g/mol. The van der Waals surface area contributed by atoms with Gasteiger partial charge in [-0.15, -0.1) is 0 Å². The van der Waals surface area contributed by atoms with Crippen molar-refractivity contribution in [3.63, 3.8) is 0 Å². The molecule has 0 aliphatic rings. The van der Waals surface area contributed by atoms with Crippen LogP contribution in [-0.2, 0) is 0 Å². The Morgan fingerprint density at radius 3 is 2.10 bits per heavy atom. The van der Waals surface area contributed by atoms with E-state index in [0.29, 0.717) is 12.1 Å². The summed E-state index contributed by atoms with van der Waals surface area (Å²) in [6.07, 6.45) is 0. The van der Waals surface area contributed by atoms with Gasteiger partial charge in [-0.3, -0.25) is 0 Å². The minimum Gasteiger partial charge on any atom is -0.304 e. The molecule has 0 bridgehead atoms. The van der Waals surface area contributed by atoms with E-state index in [9.17, 15) is 0 Å². The zero-order valence-corrected chi connectivity index (χ0v) is 14.1. The zero-order chi connectivity index (χ0) is 15.6. The molecule has 0 heterocycles. The number of benzene rings is 2. The molecule has 0 aromatic heterocycles. The van der Waals surface area contributed by atoms with Crippen molar-refractivity contribution in [2.45, 2.75) is 53.6 Å². The third-order valence-electron chi connectivity index (χ3n) is 4.39. The highest BCUT2D eigenvalue weighted by molar-refractivity contribution is 5.38. The van der Waals surface area contributed by atoms with Gasteiger partial charge in [0.1, 0.15) is 0 Å². The third-order valence-corrected chi connectivity index (χ3v) is 4.39. The lowest BCUT2D eigenvalue weighted by atomic mass is 9.95. The fraction of sp³-hybridized carbons (Fsp3) is 0.400. The molecular formula is C20H27N. The number of rotatable bonds is 4. The number of aryl methyl sites for hydroxylation is 4. The Balaban J connectivity index is 2.18. The molecule has 2 atom stereocenters. The average Bonchev–Trinajstić information content (AvgIpc) is 2.42. The maximum atomic E-state index is 3.73. The third kappa shape index (κ3) is 3.74. The molecule has 2 rings (SSSR count). The lowest BCUT2D eigenvalue weighted by Crippen LogP contribution is -2.23. The molecule has 1 heteroatoms. The summed E-state index contributed by atoms with van der Waals surface area (Å²) in [5.74, 6) is 0. The first-order valence-corrected chi connectivity index (χ1v) is 7.79. The Bertz CT molecular complexity index is 628. The summed E-state index contributed by atoms with van der Waals surface area (Å²) >= 11 is 0. The molecule has 0 amide bonds. The maximum Gasteiger partial charge on any atom is 0.0300 e. The molecule has 2 aromatic carbocycles. The summed E-state index contributed by atoms with van der Waals surface area (Å²) in [6, 6.07) is 14.1. The van der Waals surface area contributed by atoms with Crippen molar-refractivity contribution in [3.05, 3.63) is 69.8 Å². The first-order chi connectivity index (χ1) is 9.88. The molecule has 1 nitrogen and oxygen atoms in total. The molecule has 0 saturated heterocycles. The molecule has 112 valence electrons. The van der Waals surface area contributed by atoms with E-state index >= 15 is 0 Å². The lowest BCUT2D eigenvalue weighted by Gasteiger charge is -2.23. The van der Waals surface area contributed by atoms with Crippen LogP contribution < -0.4 is 5.32 Å². The Kier molecular flexibility index (Phi) is 4.84. The van der Waals surface area contributed by atoms with Gasteiger partial charge in [0.15, 0.2) is 0 Å². The van der Waals surface area contributed by atoms with Gasteiger partial charge in [-0.1, -0.05) is 42.0 Å². The second kappa shape index (κ2) is 6.44. The summed E-state index contributed by atoms with van der Waals surface area (Å²) in [4.78, 5) is 0. The van der Waals surface area contributed by atoms with Crippen molar-refractivity contribution in [2.75, 3.05) is 0 Å². The summed E-state index contributed by atoms with van der Waals surface area (Å²) in [7, 11) is 0. The van der Waals surface area contributed by atoms with E-state index in [0.717, 1.165) is 0 Å².